The van der Waals surface area contributed by atoms with Gasteiger partial charge >= 0.3 is 0 Å². The normalized spacial score (nSPS) is 14.0. The topological polar surface area (TPSA) is 32.3 Å². The number of aliphatic hydroxyl groups excluding tert-OH is 1. The van der Waals surface area contributed by atoms with Gasteiger partial charge in [-0.1, -0.05) is 30.3 Å². The van der Waals surface area contributed by atoms with Gasteiger partial charge in [-0.3, -0.25) is 0 Å². The lowest BCUT2D eigenvalue weighted by Gasteiger charge is -2.23. The van der Waals surface area contributed by atoms with E-state index < -0.39 is 0 Å². The van der Waals surface area contributed by atoms with Crippen LogP contribution in [-0.2, 0) is 6.42 Å². The molecule has 2 N–H and O–H groups in total. The number of hydrogen-bond donors (Lipinski definition) is 2. The van der Waals surface area contributed by atoms with Crippen LogP contribution in [0.25, 0.3) is 0 Å². The van der Waals surface area contributed by atoms with Crippen molar-refractivity contribution >= 4 is 11.3 Å². The third-order valence-electron chi connectivity index (χ3n) is 3.78. The van der Waals surface area contributed by atoms with Crippen LogP contribution in [0.4, 0.5) is 0 Å². The van der Waals surface area contributed by atoms with E-state index in [1.807, 2.05) is 11.3 Å². The summed E-state index contributed by atoms with van der Waals surface area (Å²) in [6, 6.07) is 13.6. The molecule has 0 amide bonds. The van der Waals surface area contributed by atoms with E-state index in [2.05, 4.69) is 60.9 Å². The highest BCUT2D eigenvalue weighted by Gasteiger charge is 2.18. The molecule has 2 rings (SSSR count). The van der Waals surface area contributed by atoms with Gasteiger partial charge in [-0.2, -0.15) is 0 Å². The molecule has 1 heterocycles. The van der Waals surface area contributed by atoms with Crippen molar-refractivity contribution in [1.82, 2.24) is 5.32 Å². The maximum Gasteiger partial charge on any atom is 0.0460 e. The Morgan fingerprint density at radius 1 is 1.19 bits per heavy atom. The fourth-order valence-corrected chi connectivity index (χ4v) is 3.63. The average Bonchev–Trinajstić information content (AvgIpc) is 2.91. The number of benzene rings is 1. The molecule has 2 nitrogen and oxygen atoms in total. The van der Waals surface area contributed by atoms with Crippen molar-refractivity contribution in [3.8, 4) is 0 Å². The smallest absolute Gasteiger partial charge is 0.0460 e. The third kappa shape index (κ3) is 4.95. The summed E-state index contributed by atoms with van der Waals surface area (Å²) in [5, 5.41) is 14.9. The number of hydrogen-bond acceptors (Lipinski definition) is 3. The molecule has 2 aromatic rings. The van der Waals surface area contributed by atoms with Crippen molar-refractivity contribution in [2.75, 3.05) is 6.61 Å². The van der Waals surface area contributed by atoms with Crippen molar-refractivity contribution in [2.24, 2.45) is 0 Å². The molecule has 3 heteroatoms. The minimum absolute atomic E-state index is 0.271. The van der Waals surface area contributed by atoms with Crippen LogP contribution < -0.4 is 5.32 Å². The lowest BCUT2D eigenvalue weighted by Crippen LogP contribution is -2.32. The first kappa shape index (κ1) is 16.2. The first-order valence-corrected chi connectivity index (χ1v) is 8.53. The summed E-state index contributed by atoms with van der Waals surface area (Å²) < 4.78 is 0. The van der Waals surface area contributed by atoms with Crippen LogP contribution >= 0.6 is 11.3 Å². The summed E-state index contributed by atoms with van der Waals surface area (Å²) in [5.74, 6) is 0. The third-order valence-corrected chi connectivity index (χ3v) is 4.91. The van der Waals surface area contributed by atoms with Crippen molar-refractivity contribution < 1.29 is 5.11 Å². The van der Waals surface area contributed by atoms with Gasteiger partial charge < -0.3 is 10.4 Å². The van der Waals surface area contributed by atoms with Crippen molar-refractivity contribution in [3.05, 3.63) is 57.8 Å². The highest BCUT2D eigenvalue weighted by Crippen LogP contribution is 2.27. The monoisotopic (exact) mass is 303 g/mol. The van der Waals surface area contributed by atoms with Crippen LogP contribution in [0.5, 0.6) is 0 Å². The molecule has 114 valence electrons. The van der Waals surface area contributed by atoms with E-state index in [0.29, 0.717) is 12.1 Å². The molecule has 0 aliphatic rings. The average molecular weight is 303 g/mol. The zero-order chi connectivity index (χ0) is 15.1. The van der Waals surface area contributed by atoms with Crippen LogP contribution in [0.15, 0.2) is 41.8 Å². The molecule has 0 saturated heterocycles. The van der Waals surface area contributed by atoms with Crippen LogP contribution in [0, 0.1) is 6.92 Å². The van der Waals surface area contributed by atoms with Crippen LogP contribution in [0.3, 0.4) is 0 Å². The maximum atomic E-state index is 8.99. The lowest BCUT2D eigenvalue weighted by atomic mass is 10.0. The second-order valence-corrected chi connectivity index (χ2v) is 6.59. The molecule has 21 heavy (non-hydrogen) atoms. The SMILES string of the molecule is Cc1ccsc1C(Cc1ccccc1)NC(C)CCCO. The maximum absolute atomic E-state index is 8.99. The van der Waals surface area contributed by atoms with E-state index in [4.69, 9.17) is 5.11 Å². The highest BCUT2D eigenvalue weighted by atomic mass is 32.1. The number of rotatable bonds is 8. The van der Waals surface area contributed by atoms with Gasteiger partial charge in [0.1, 0.15) is 0 Å². The van der Waals surface area contributed by atoms with Crippen LogP contribution in [-0.4, -0.2) is 17.8 Å². The summed E-state index contributed by atoms with van der Waals surface area (Å²) in [5.41, 5.74) is 2.72. The van der Waals surface area contributed by atoms with Gasteiger partial charge in [0.2, 0.25) is 0 Å². The van der Waals surface area contributed by atoms with Gasteiger partial charge in [-0.15, -0.1) is 11.3 Å². The Labute approximate surface area is 131 Å². The van der Waals surface area contributed by atoms with Gasteiger partial charge in [0.05, 0.1) is 0 Å². The molecule has 0 aliphatic heterocycles. The zero-order valence-electron chi connectivity index (χ0n) is 12.9. The Hall–Kier alpha value is -1.16. The van der Waals surface area contributed by atoms with E-state index in [1.54, 1.807) is 0 Å². The molecule has 1 aromatic carbocycles. The minimum atomic E-state index is 0.271. The second kappa shape index (κ2) is 8.32. The molecular weight excluding hydrogens is 278 g/mol. The molecule has 0 aliphatic carbocycles. The van der Waals surface area contributed by atoms with Gasteiger partial charge in [0, 0.05) is 23.6 Å². The van der Waals surface area contributed by atoms with Gasteiger partial charge in [-0.05, 0) is 55.7 Å². The Kier molecular flexibility index (Phi) is 6.43. The van der Waals surface area contributed by atoms with Crippen molar-refractivity contribution in [1.29, 1.82) is 0 Å². The molecule has 1 aromatic heterocycles. The van der Waals surface area contributed by atoms with Crippen LogP contribution in [0.1, 0.15) is 41.8 Å². The molecule has 0 radical (unpaired) electrons. The van der Waals surface area contributed by atoms with Gasteiger partial charge in [0.15, 0.2) is 0 Å². The Morgan fingerprint density at radius 2 is 1.95 bits per heavy atom. The summed E-state index contributed by atoms with van der Waals surface area (Å²) in [4.78, 5) is 1.43. The van der Waals surface area contributed by atoms with E-state index >= 15 is 0 Å². The van der Waals surface area contributed by atoms with E-state index in [1.165, 1.54) is 16.0 Å². The zero-order valence-corrected chi connectivity index (χ0v) is 13.7. The molecule has 0 fully saturated rings. The predicted octanol–water partition coefficient (Wildman–Crippen LogP) is 4.09. The largest absolute Gasteiger partial charge is 0.396 e. The molecule has 0 saturated carbocycles. The fourth-order valence-electron chi connectivity index (χ4n) is 2.64. The van der Waals surface area contributed by atoms with Crippen LogP contribution in [0.2, 0.25) is 0 Å². The van der Waals surface area contributed by atoms with E-state index in [-0.39, 0.29) is 6.61 Å². The minimum Gasteiger partial charge on any atom is -0.396 e. The van der Waals surface area contributed by atoms with Gasteiger partial charge in [0.25, 0.3) is 0 Å². The van der Waals surface area contributed by atoms with E-state index in [9.17, 15) is 0 Å². The molecular formula is C18H25NOS. The Morgan fingerprint density at radius 3 is 2.57 bits per heavy atom. The summed E-state index contributed by atoms with van der Waals surface area (Å²) in [6.07, 6.45) is 2.87. The highest BCUT2D eigenvalue weighted by molar-refractivity contribution is 7.10. The summed E-state index contributed by atoms with van der Waals surface area (Å²) in [6.45, 7) is 4.66. The first-order chi connectivity index (χ1) is 10.2. The standard InChI is InChI=1S/C18H25NOS/c1-14-10-12-21-18(14)17(19-15(2)7-6-11-20)13-16-8-4-3-5-9-16/h3-5,8-10,12,15,17,19-20H,6-7,11,13H2,1-2H3. The lowest BCUT2D eigenvalue weighted by molar-refractivity contribution is 0.273. The van der Waals surface area contributed by atoms with Gasteiger partial charge in [-0.25, -0.2) is 0 Å². The predicted molar refractivity (Wildman–Crippen MR) is 90.9 cm³/mol. The number of aliphatic hydroxyl groups is 1. The Bertz CT molecular complexity index is 523. The molecule has 0 spiro atoms. The summed E-state index contributed by atoms with van der Waals surface area (Å²) in [7, 11) is 0. The number of nitrogens with one attached hydrogen (secondary N) is 1. The molecule has 0 bridgehead atoms. The Balaban J connectivity index is 2.09. The fraction of sp³-hybridized carbons (Fsp3) is 0.444. The second-order valence-electron chi connectivity index (χ2n) is 5.64. The molecule has 2 atom stereocenters. The first-order valence-electron chi connectivity index (χ1n) is 7.65. The number of aryl methyl sites for hydroxylation is 1. The van der Waals surface area contributed by atoms with Crippen molar-refractivity contribution in [2.45, 2.75) is 45.2 Å². The summed E-state index contributed by atoms with van der Waals surface area (Å²) >= 11 is 1.83. The van der Waals surface area contributed by atoms with Crippen molar-refractivity contribution in [3.63, 3.8) is 0 Å². The number of thiophene rings is 1. The molecule has 2 unspecified atom stereocenters. The van der Waals surface area contributed by atoms with E-state index in [0.717, 1.165) is 19.3 Å². The quantitative estimate of drug-likeness (QED) is 0.770.